The van der Waals surface area contributed by atoms with E-state index in [0.717, 1.165) is 37.2 Å². The van der Waals surface area contributed by atoms with Crippen LogP contribution in [-0.2, 0) is 32.6 Å². The number of sulfonamides is 1. The molecule has 3 rings (SSSR count). The van der Waals surface area contributed by atoms with E-state index in [1.165, 1.54) is 4.90 Å². The summed E-state index contributed by atoms with van der Waals surface area (Å²) in [7, 11) is -3.77. The molecule has 0 saturated heterocycles. The number of nitrogens with one attached hydrogen (secondary N) is 1. The lowest BCUT2D eigenvalue weighted by Gasteiger charge is -2.33. The number of hydrogen-bond donors (Lipinski definition) is 1. The van der Waals surface area contributed by atoms with Gasteiger partial charge in [0.1, 0.15) is 12.6 Å². The second-order valence-electron chi connectivity index (χ2n) is 9.25. The number of amides is 2. The molecule has 0 aliphatic heterocycles. The van der Waals surface area contributed by atoms with Crippen LogP contribution in [0.4, 0.5) is 5.69 Å². The molecule has 0 bridgehead atoms. The third kappa shape index (κ3) is 8.56. The fourth-order valence-corrected chi connectivity index (χ4v) is 5.24. The zero-order valence-electron chi connectivity index (χ0n) is 21.9. The standard InChI is InChI=1S/C29H34IN3O4S/c1-4-18-31-29(35)27(19-23-8-6-5-7-9-23)32(20-24-12-10-22(2)11-13-24)28(34)21-33(38(3,36)37)26-16-14-25(30)15-17-26/h5-17,27H,4,18-21H2,1-3H3,(H,31,35). The summed E-state index contributed by atoms with van der Waals surface area (Å²) in [6.07, 6.45) is 2.14. The lowest BCUT2D eigenvalue weighted by atomic mass is 10.0. The molecule has 1 atom stereocenters. The van der Waals surface area contributed by atoms with Gasteiger partial charge in [0.25, 0.3) is 0 Å². The number of halogens is 1. The van der Waals surface area contributed by atoms with Crippen molar-refractivity contribution in [2.24, 2.45) is 0 Å². The van der Waals surface area contributed by atoms with E-state index in [-0.39, 0.29) is 12.5 Å². The molecule has 0 fully saturated rings. The van der Waals surface area contributed by atoms with Crippen molar-refractivity contribution in [1.29, 1.82) is 0 Å². The van der Waals surface area contributed by atoms with E-state index in [1.807, 2.05) is 68.4 Å². The number of rotatable bonds is 12. The van der Waals surface area contributed by atoms with Crippen LogP contribution in [0.3, 0.4) is 0 Å². The first-order valence-electron chi connectivity index (χ1n) is 12.5. The van der Waals surface area contributed by atoms with Crippen molar-refractivity contribution in [2.45, 2.75) is 39.3 Å². The smallest absolute Gasteiger partial charge is 0.244 e. The van der Waals surface area contributed by atoms with E-state index in [4.69, 9.17) is 0 Å². The van der Waals surface area contributed by atoms with Gasteiger partial charge in [-0.25, -0.2) is 8.42 Å². The molecular formula is C29H34IN3O4S. The minimum absolute atomic E-state index is 0.167. The zero-order valence-corrected chi connectivity index (χ0v) is 24.9. The molecule has 0 radical (unpaired) electrons. The Morgan fingerprint density at radius 3 is 2.13 bits per heavy atom. The number of hydrogen-bond acceptors (Lipinski definition) is 4. The van der Waals surface area contributed by atoms with Gasteiger partial charge in [0.05, 0.1) is 11.9 Å². The van der Waals surface area contributed by atoms with Gasteiger partial charge in [0.15, 0.2) is 0 Å². The number of nitrogens with zero attached hydrogens (tertiary/aromatic N) is 2. The summed E-state index contributed by atoms with van der Waals surface area (Å²) in [5.41, 5.74) is 3.23. The van der Waals surface area contributed by atoms with E-state index in [0.29, 0.717) is 18.7 Å². The van der Waals surface area contributed by atoms with Crippen LogP contribution >= 0.6 is 22.6 Å². The zero-order chi connectivity index (χ0) is 27.7. The maximum atomic E-state index is 14.0. The SMILES string of the molecule is CCCNC(=O)C(Cc1ccccc1)N(Cc1ccc(C)cc1)C(=O)CN(c1ccc(I)cc1)S(C)(=O)=O. The Hall–Kier alpha value is -2.92. The summed E-state index contributed by atoms with van der Waals surface area (Å²) >= 11 is 2.14. The van der Waals surface area contributed by atoms with Crippen molar-refractivity contribution in [3.05, 3.63) is 99.1 Å². The third-order valence-electron chi connectivity index (χ3n) is 6.09. The summed E-state index contributed by atoms with van der Waals surface area (Å²) in [4.78, 5) is 28.9. The summed E-state index contributed by atoms with van der Waals surface area (Å²) in [5.74, 6) is -0.724. The Morgan fingerprint density at radius 2 is 1.55 bits per heavy atom. The average Bonchev–Trinajstić information content (AvgIpc) is 2.89. The molecule has 7 nitrogen and oxygen atoms in total. The van der Waals surface area contributed by atoms with Crippen molar-refractivity contribution >= 4 is 50.1 Å². The Bertz CT molecular complexity index is 1310. The molecule has 0 spiro atoms. The van der Waals surface area contributed by atoms with Crippen LogP contribution in [0.15, 0.2) is 78.9 Å². The van der Waals surface area contributed by atoms with Gasteiger partial charge in [0, 0.05) is 23.1 Å². The minimum Gasteiger partial charge on any atom is -0.354 e. The molecule has 38 heavy (non-hydrogen) atoms. The summed E-state index contributed by atoms with van der Waals surface area (Å²) < 4.78 is 27.6. The highest BCUT2D eigenvalue weighted by Crippen LogP contribution is 2.21. The van der Waals surface area contributed by atoms with Crippen molar-refractivity contribution in [2.75, 3.05) is 23.7 Å². The van der Waals surface area contributed by atoms with Crippen molar-refractivity contribution in [3.63, 3.8) is 0 Å². The van der Waals surface area contributed by atoms with E-state index >= 15 is 0 Å². The lowest BCUT2D eigenvalue weighted by molar-refractivity contribution is -0.140. The van der Waals surface area contributed by atoms with E-state index in [1.54, 1.807) is 24.3 Å². The van der Waals surface area contributed by atoms with E-state index in [2.05, 4.69) is 27.9 Å². The van der Waals surface area contributed by atoms with Gasteiger partial charge >= 0.3 is 0 Å². The monoisotopic (exact) mass is 647 g/mol. The molecule has 1 N–H and O–H groups in total. The highest BCUT2D eigenvalue weighted by Gasteiger charge is 2.32. The number of aryl methyl sites for hydroxylation is 1. The molecule has 0 aromatic heterocycles. The third-order valence-corrected chi connectivity index (χ3v) is 7.95. The maximum Gasteiger partial charge on any atom is 0.244 e. The first kappa shape index (κ1) is 29.6. The predicted octanol–water partition coefficient (Wildman–Crippen LogP) is 4.53. The van der Waals surface area contributed by atoms with E-state index < -0.39 is 28.5 Å². The van der Waals surface area contributed by atoms with Crippen LogP contribution in [0.1, 0.15) is 30.0 Å². The highest BCUT2D eigenvalue weighted by molar-refractivity contribution is 14.1. The Balaban J connectivity index is 2.02. The van der Waals surface area contributed by atoms with Crippen molar-refractivity contribution < 1.29 is 18.0 Å². The van der Waals surface area contributed by atoms with Crippen LogP contribution < -0.4 is 9.62 Å². The molecule has 2 amide bonds. The molecule has 0 heterocycles. The first-order chi connectivity index (χ1) is 18.1. The minimum atomic E-state index is -3.77. The Labute approximate surface area is 239 Å². The van der Waals surface area contributed by atoms with E-state index in [9.17, 15) is 18.0 Å². The molecule has 3 aromatic rings. The number of carbonyl (C=O) groups excluding carboxylic acids is 2. The fraction of sp³-hybridized carbons (Fsp3) is 0.310. The molecule has 9 heteroatoms. The number of benzene rings is 3. The molecular weight excluding hydrogens is 613 g/mol. The van der Waals surface area contributed by atoms with Crippen LogP contribution in [-0.4, -0.2) is 50.5 Å². The molecule has 3 aromatic carbocycles. The van der Waals surface area contributed by atoms with Crippen LogP contribution in [0.2, 0.25) is 0 Å². The Morgan fingerprint density at radius 1 is 0.921 bits per heavy atom. The number of anilines is 1. The van der Waals surface area contributed by atoms with Gasteiger partial charge in [-0.3, -0.25) is 13.9 Å². The second kappa shape index (κ2) is 13.7. The van der Waals surface area contributed by atoms with Gasteiger partial charge in [0.2, 0.25) is 21.8 Å². The van der Waals surface area contributed by atoms with Gasteiger partial charge in [-0.05, 0) is 71.3 Å². The van der Waals surface area contributed by atoms with Gasteiger partial charge in [-0.2, -0.15) is 0 Å². The highest BCUT2D eigenvalue weighted by atomic mass is 127. The predicted molar refractivity (Wildman–Crippen MR) is 160 cm³/mol. The normalized spacial score (nSPS) is 12.0. The largest absolute Gasteiger partial charge is 0.354 e. The van der Waals surface area contributed by atoms with Gasteiger partial charge in [-0.15, -0.1) is 0 Å². The molecule has 0 aliphatic rings. The second-order valence-corrected chi connectivity index (χ2v) is 12.4. The van der Waals surface area contributed by atoms with Gasteiger partial charge in [-0.1, -0.05) is 67.1 Å². The molecule has 0 aliphatic carbocycles. The van der Waals surface area contributed by atoms with Crippen LogP contribution in [0.25, 0.3) is 0 Å². The summed E-state index contributed by atoms with van der Waals surface area (Å²) in [6, 6.07) is 23.4. The number of carbonyl (C=O) groups is 2. The maximum absolute atomic E-state index is 14.0. The molecule has 1 unspecified atom stereocenters. The molecule has 202 valence electrons. The fourth-order valence-electron chi connectivity index (χ4n) is 4.03. The average molecular weight is 648 g/mol. The van der Waals surface area contributed by atoms with Crippen LogP contribution in [0.5, 0.6) is 0 Å². The van der Waals surface area contributed by atoms with Crippen LogP contribution in [0, 0.1) is 10.5 Å². The topological polar surface area (TPSA) is 86.8 Å². The quantitative estimate of drug-likeness (QED) is 0.293. The summed E-state index contributed by atoms with van der Waals surface area (Å²) in [6.45, 7) is 4.17. The van der Waals surface area contributed by atoms with Crippen molar-refractivity contribution in [1.82, 2.24) is 10.2 Å². The molecule has 0 saturated carbocycles. The Kier molecular flexibility index (Phi) is 10.7. The summed E-state index contributed by atoms with van der Waals surface area (Å²) in [5, 5.41) is 2.94. The van der Waals surface area contributed by atoms with Gasteiger partial charge < -0.3 is 10.2 Å². The lowest BCUT2D eigenvalue weighted by Crippen LogP contribution is -2.53. The first-order valence-corrected chi connectivity index (χ1v) is 15.4. The van der Waals surface area contributed by atoms with Crippen molar-refractivity contribution in [3.8, 4) is 0 Å².